The monoisotopic (exact) mass is 416 g/mol. The van der Waals surface area contributed by atoms with Crippen LogP contribution in [0, 0.1) is 6.92 Å². The Morgan fingerprint density at radius 1 is 1.10 bits per heavy atom. The second kappa shape index (κ2) is 9.14. The summed E-state index contributed by atoms with van der Waals surface area (Å²) in [6.07, 6.45) is 5.97. The van der Waals surface area contributed by atoms with Gasteiger partial charge in [0.25, 0.3) is 5.91 Å². The molecule has 1 aliphatic carbocycles. The van der Waals surface area contributed by atoms with E-state index in [1.807, 2.05) is 43.3 Å². The second-order valence-corrected chi connectivity index (χ2v) is 8.00. The van der Waals surface area contributed by atoms with Crippen molar-refractivity contribution < 1.29 is 4.79 Å². The summed E-state index contributed by atoms with van der Waals surface area (Å²) in [6, 6.07) is 16.1. The number of carbonyl (C=O) groups excluding carboxylic acids is 1. The average Bonchev–Trinajstić information content (AvgIpc) is 2.76. The van der Waals surface area contributed by atoms with Gasteiger partial charge >= 0.3 is 0 Å². The molecular weight excluding hydrogens is 388 g/mol. The van der Waals surface area contributed by atoms with Crippen LogP contribution in [0.1, 0.15) is 41.9 Å². The molecular formula is C24H28N6O. The SMILES string of the molecule is Cc1nc(Nc2cc(N[C@@H]3CCCC[C@@H]3N)cnc2C(N)=O)ccc1-c1ccccc1. The topological polar surface area (TPSA) is 119 Å². The van der Waals surface area contributed by atoms with E-state index >= 15 is 0 Å². The van der Waals surface area contributed by atoms with Gasteiger partial charge in [-0.25, -0.2) is 9.97 Å². The molecule has 160 valence electrons. The van der Waals surface area contributed by atoms with Crippen molar-refractivity contribution in [1.29, 1.82) is 0 Å². The fraction of sp³-hybridized carbons (Fsp3) is 0.292. The maximum Gasteiger partial charge on any atom is 0.269 e. The Balaban J connectivity index is 1.59. The summed E-state index contributed by atoms with van der Waals surface area (Å²) < 4.78 is 0. The molecule has 0 saturated heterocycles. The van der Waals surface area contributed by atoms with Crippen molar-refractivity contribution in [2.45, 2.75) is 44.7 Å². The summed E-state index contributed by atoms with van der Waals surface area (Å²) in [5.41, 5.74) is 16.3. The van der Waals surface area contributed by atoms with Gasteiger partial charge in [-0.2, -0.15) is 0 Å². The molecule has 0 bridgehead atoms. The predicted octanol–water partition coefficient (Wildman–Crippen LogP) is 3.98. The molecule has 0 radical (unpaired) electrons. The predicted molar refractivity (Wildman–Crippen MR) is 124 cm³/mol. The highest BCUT2D eigenvalue weighted by molar-refractivity contribution is 5.97. The third-order valence-corrected chi connectivity index (χ3v) is 5.73. The van der Waals surface area contributed by atoms with Crippen LogP contribution >= 0.6 is 0 Å². The quantitative estimate of drug-likeness (QED) is 0.483. The molecule has 2 aromatic heterocycles. The Hall–Kier alpha value is -3.45. The third kappa shape index (κ3) is 4.83. The number of nitrogens with two attached hydrogens (primary N) is 2. The highest BCUT2D eigenvalue weighted by atomic mass is 16.1. The van der Waals surface area contributed by atoms with E-state index in [2.05, 4.69) is 32.7 Å². The zero-order chi connectivity index (χ0) is 21.8. The third-order valence-electron chi connectivity index (χ3n) is 5.73. The minimum atomic E-state index is -0.596. The minimum Gasteiger partial charge on any atom is -0.379 e. The molecule has 0 spiro atoms. The van der Waals surface area contributed by atoms with Gasteiger partial charge in [0.2, 0.25) is 0 Å². The van der Waals surface area contributed by atoms with Crippen LogP contribution in [-0.4, -0.2) is 28.0 Å². The number of aryl methyl sites for hydroxylation is 1. The fourth-order valence-electron chi connectivity index (χ4n) is 4.08. The van der Waals surface area contributed by atoms with Gasteiger partial charge < -0.3 is 22.1 Å². The standard InChI is InChI=1S/C24H28N6O/c1-15-18(16-7-3-2-4-8-16)11-12-22(28-15)30-21-13-17(14-27-23(21)24(26)31)29-20-10-6-5-9-19(20)25/h2-4,7-8,11-14,19-20,29H,5-6,9-10,25H2,1H3,(H2,26,31)(H,28,30)/t19-,20+/m0/s1. The summed E-state index contributed by atoms with van der Waals surface area (Å²) in [6.45, 7) is 1.96. The summed E-state index contributed by atoms with van der Waals surface area (Å²) in [5.74, 6) is 0.0223. The van der Waals surface area contributed by atoms with E-state index in [1.165, 1.54) is 0 Å². The number of rotatable bonds is 6. The van der Waals surface area contributed by atoms with Gasteiger partial charge in [0.05, 0.1) is 17.6 Å². The van der Waals surface area contributed by atoms with Crippen LogP contribution in [-0.2, 0) is 0 Å². The molecule has 2 heterocycles. The summed E-state index contributed by atoms with van der Waals surface area (Å²) in [5, 5.41) is 6.68. The van der Waals surface area contributed by atoms with Crippen LogP contribution in [0.25, 0.3) is 11.1 Å². The molecule has 1 amide bonds. The van der Waals surface area contributed by atoms with E-state index in [9.17, 15) is 4.79 Å². The Kier molecular flexibility index (Phi) is 6.13. The maximum absolute atomic E-state index is 11.9. The molecule has 31 heavy (non-hydrogen) atoms. The number of carbonyl (C=O) groups is 1. The Labute approximate surface area is 182 Å². The van der Waals surface area contributed by atoms with E-state index in [0.29, 0.717) is 11.5 Å². The maximum atomic E-state index is 11.9. The molecule has 1 saturated carbocycles. The van der Waals surface area contributed by atoms with Gasteiger partial charge in [-0.05, 0) is 43.5 Å². The molecule has 2 atom stereocenters. The summed E-state index contributed by atoms with van der Waals surface area (Å²) in [4.78, 5) is 20.9. The van der Waals surface area contributed by atoms with Crippen LogP contribution in [0.5, 0.6) is 0 Å². The van der Waals surface area contributed by atoms with Gasteiger partial charge in [0.15, 0.2) is 5.69 Å². The van der Waals surface area contributed by atoms with Crippen LogP contribution in [0.15, 0.2) is 54.7 Å². The molecule has 1 aromatic carbocycles. The molecule has 1 aliphatic rings. The van der Waals surface area contributed by atoms with Crippen LogP contribution < -0.4 is 22.1 Å². The van der Waals surface area contributed by atoms with Gasteiger partial charge in [0.1, 0.15) is 5.82 Å². The number of pyridine rings is 2. The van der Waals surface area contributed by atoms with E-state index in [1.54, 1.807) is 6.20 Å². The highest BCUT2D eigenvalue weighted by Gasteiger charge is 2.22. The number of primary amides is 1. The number of anilines is 3. The number of nitrogens with zero attached hydrogens (tertiary/aromatic N) is 2. The van der Waals surface area contributed by atoms with Gasteiger partial charge in [-0.3, -0.25) is 4.79 Å². The lowest BCUT2D eigenvalue weighted by Crippen LogP contribution is -2.42. The number of aromatic nitrogens is 2. The first-order valence-corrected chi connectivity index (χ1v) is 10.6. The molecule has 0 unspecified atom stereocenters. The van der Waals surface area contributed by atoms with Crippen LogP contribution in [0.4, 0.5) is 17.2 Å². The van der Waals surface area contributed by atoms with E-state index < -0.39 is 5.91 Å². The molecule has 6 N–H and O–H groups in total. The Bertz CT molecular complexity index is 1070. The van der Waals surface area contributed by atoms with Crippen LogP contribution in [0.2, 0.25) is 0 Å². The van der Waals surface area contributed by atoms with Crippen molar-refractivity contribution in [3.63, 3.8) is 0 Å². The summed E-state index contributed by atoms with van der Waals surface area (Å²) >= 11 is 0. The molecule has 7 nitrogen and oxygen atoms in total. The van der Waals surface area contributed by atoms with Crippen molar-refractivity contribution in [2.24, 2.45) is 11.5 Å². The number of nitrogens with one attached hydrogen (secondary N) is 2. The first kappa shape index (κ1) is 20.8. The molecule has 4 rings (SSSR count). The summed E-state index contributed by atoms with van der Waals surface area (Å²) in [7, 11) is 0. The number of amides is 1. The largest absolute Gasteiger partial charge is 0.379 e. The number of hydrogen-bond acceptors (Lipinski definition) is 6. The fourth-order valence-corrected chi connectivity index (χ4v) is 4.08. The minimum absolute atomic E-state index is 0.107. The van der Waals surface area contributed by atoms with Gasteiger partial charge in [-0.15, -0.1) is 0 Å². The molecule has 3 aromatic rings. The lowest BCUT2D eigenvalue weighted by Gasteiger charge is -2.30. The number of hydrogen-bond donors (Lipinski definition) is 4. The first-order valence-electron chi connectivity index (χ1n) is 10.6. The second-order valence-electron chi connectivity index (χ2n) is 8.00. The zero-order valence-corrected chi connectivity index (χ0v) is 17.6. The Morgan fingerprint density at radius 3 is 2.58 bits per heavy atom. The van der Waals surface area contributed by atoms with Crippen molar-refractivity contribution in [2.75, 3.05) is 10.6 Å². The average molecular weight is 417 g/mol. The van der Waals surface area contributed by atoms with Crippen LogP contribution in [0.3, 0.4) is 0 Å². The highest BCUT2D eigenvalue weighted by Crippen LogP contribution is 2.28. The zero-order valence-electron chi connectivity index (χ0n) is 17.6. The van der Waals surface area contributed by atoms with Crippen molar-refractivity contribution in [3.8, 4) is 11.1 Å². The lowest BCUT2D eigenvalue weighted by molar-refractivity contribution is 0.0996. The molecule has 1 fully saturated rings. The van der Waals surface area contributed by atoms with Crippen molar-refractivity contribution >= 4 is 23.1 Å². The number of benzene rings is 1. The van der Waals surface area contributed by atoms with Crippen molar-refractivity contribution in [3.05, 3.63) is 66.1 Å². The Morgan fingerprint density at radius 2 is 1.87 bits per heavy atom. The van der Waals surface area contributed by atoms with Gasteiger partial charge in [0, 0.05) is 23.3 Å². The van der Waals surface area contributed by atoms with E-state index in [-0.39, 0.29) is 17.8 Å². The smallest absolute Gasteiger partial charge is 0.269 e. The van der Waals surface area contributed by atoms with Crippen molar-refractivity contribution in [1.82, 2.24) is 9.97 Å². The molecule has 7 heteroatoms. The van der Waals surface area contributed by atoms with E-state index in [0.717, 1.165) is 48.2 Å². The molecule has 0 aliphatic heterocycles. The normalized spacial score (nSPS) is 18.4. The first-order chi connectivity index (χ1) is 15.0. The van der Waals surface area contributed by atoms with E-state index in [4.69, 9.17) is 11.5 Å². The lowest BCUT2D eigenvalue weighted by atomic mass is 9.91. The van der Waals surface area contributed by atoms with Gasteiger partial charge in [-0.1, -0.05) is 43.2 Å².